The number of anilines is 1. The first-order chi connectivity index (χ1) is 9.29. The maximum Gasteiger partial charge on any atom is 0.337 e. The molecule has 0 fully saturated rings. The Kier molecular flexibility index (Phi) is 4.33. The third-order valence-corrected chi connectivity index (χ3v) is 6.44. The number of aromatic carboxylic acids is 1. The Morgan fingerprint density at radius 1 is 1.45 bits per heavy atom. The number of hydrogen-bond donors (Lipinski definition) is 2. The van der Waals surface area contributed by atoms with Crippen LogP contribution in [0.25, 0.3) is 0 Å². The molecule has 106 valence electrons. The van der Waals surface area contributed by atoms with Gasteiger partial charge in [0.2, 0.25) is 0 Å². The van der Waals surface area contributed by atoms with Gasteiger partial charge in [0.05, 0.1) is 14.4 Å². The predicted octanol–water partition coefficient (Wildman–Crippen LogP) is 3.06. The summed E-state index contributed by atoms with van der Waals surface area (Å²) in [6.07, 6.45) is 1.07. The van der Waals surface area contributed by atoms with E-state index in [1.807, 2.05) is 0 Å². The Balaban J connectivity index is 2.26. The molecule has 0 atom stereocenters. The quantitative estimate of drug-likeness (QED) is 0.826. The van der Waals surface area contributed by atoms with E-state index in [1.54, 1.807) is 0 Å². The Bertz CT molecular complexity index is 739. The highest BCUT2D eigenvalue weighted by atomic mass is 79.9. The zero-order valence-electron chi connectivity index (χ0n) is 9.50. The summed E-state index contributed by atoms with van der Waals surface area (Å²) in [5, 5.41) is 9.02. The summed E-state index contributed by atoms with van der Waals surface area (Å²) in [6, 6.07) is 3.83. The van der Waals surface area contributed by atoms with Crippen molar-refractivity contribution in [2.45, 2.75) is 4.21 Å². The molecule has 20 heavy (non-hydrogen) atoms. The van der Waals surface area contributed by atoms with Gasteiger partial charge in [0.1, 0.15) is 10.0 Å². The first-order valence-corrected chi connectivity index (χ1v) is 8.43. The monoisotopic (exact) mass is 396 g/mol. The molecule has 10 heteroatoms. The van der Waals surface area contributed by atoms with E-state index in [0.29, 0.717) is 8.81 Å². The van der Waals surface area contributed by atoms with Crippen molar-refractivity contribution in [3.05, 3.63) is 38.8 Å². The lowest BCUT2D eigenvalue weighted by Gasteiger charge is -2.05. The topological polar surface area (TPSA) is 96.4 Å². The standard InChI is InChI=1S/C10H6BrClN2O4S2/c11-9-6(12)3-8(19-9)20(17,18)14-7-2-1-5(4-13-7)10(15)16/h1-4H,(H,13,14)(H,15,16). The van der Waals surface area contributed by atoms with Crippen LogP contribution in [0.1, 0.15) is 10.4 Å². The zero-order chi connectivity index (χ0) is 14.9. The lowest BCUT2D eigenvalue weighted by atomic mass is 10.3. The highest BCUT2D eigenvalue weighted by Gasteiger charge is 2.19. The fourth-order valence-corrected chi connectivity index (χ4v) is 4.63. The van der Waals surface area contributed by atoms with Crippen molar-refractivity contribution in [3.63, 3.8) is 0 Å². The van der Waals surface area contributed by atoms with Gasteiger partial charge in [0, 0.05) is 6.20 Å². The van der Waals surface area contributed by atoms with E-state index in [9.17, 15) is 13.2 Å². The molecule has 0 unspecified atom stereocenters. The lowest BCUT2D eigenvalue weighted by molar-refractivity contribution is 0.0696. The average molecular weight is 398 g/mol. The van der Waals surface area contributed by atoms with Crippen LogP contribution in [0, 0.1) is 0 Å². The molecule has 2 rings (SSSR count). The highest BCUT2D eigenvalue weighted by molar-refractivity contribution is 9.11. The summed E-state index contributed by atoms with van der Waals surface area (Å²) >= 11 is 9.88. The summed E-state index contributed by atoms with van der Waals surface area (Å²) in [6.45, 7) is 0. The van der Waals surface area contributed by atoms with E-state index >= 15 is 0 Å². The summed E-state index contributed by atoms with van der Waals surface area (Å²) in [7, 11) is -3.80. The van der Waals surface area contributed by atoms with Crippen LogP contribution in [-0.2, 0) is 10.0 Å². The van der Waals surface area contributed by atoms with Gasteiger partial charge >= 0.3 is 5.97 Å². The van der Waals surface area contributed by atoms with E-state index in [4.69, 9.17) is 16.7 Å². The Morgan fingerprint density at radius 2 is 2.15 bits per heavy atom. The molecule has 0 aromatic carbocycles. The fourth-order valence-electron chi connectivity index (χ4n) is 1.23. The van der Waals surface area contributed by atoms with Crippen molar-refractivity contribution < 1.29 is 18.3 Å². The van der Waals surface area contributed by atoms with Crippen LogP contribution in [0.5, 0.6) is 0 Å². The second-order valence-electron chi connectivity index (χ2n) is 3.53. The number of nitrogens with zero attached hydrogens (tertiary/aromatic N) is 1. The molecule has 0 spiro atoms. The largest absolute Gasteiger partial charge is 0.478 e. The summed E-state index contributed by atoms with van der Waals surface area (Å²) in [4.78, 5) is 14.4. The molecule has 0 aliphatic rings. The number of carbonyl (C=O) groups is 1. The highest BCUT2D eigenvalue weighted by Crippen LogP contribution is 2.35. The van der Waals surface area contributed by atoms with Crippen LogP contribution in [0.2, 0.25) is 5.02 Å². The van der Waals surface area contributed by atoms with Gasteiger partial charge in [-0.25, -0.2) is 18.2 Å². The minimum atomic E-state index is -3.80. The molecule has 0 saturated heterocycles. The lowest BCUT2D eigenvalue weighted by Crippen LogP contribution is -2.12. The molecular weight excluding hydrogens is 392 g/mol. The summed E-state index contributed by atoms with van der Waals surface area (Å²) in [5.41, 5.74) is -0.0325. The normalized spacial score (nSPS) is 11.3. The molecule has 0 saturated carbocycles. The van der Waals surface area contributed by atoms with Gasteiger partial charge in [-0.05, 0) is 34.1 Å². The first kappa shape index (κ1) is 15.2. The zero-order valence-corrected chi connectivity index (χ0v) is 13.5. The molecular formula is C10H6BrClN2O4S2. The number of thiophene rings is 1. The molecule has 0 radical (unpaired) electrons. The summed E-state index contributed by atoms with van der Waals surface area (Å²) < 4.78 is 26.9. The van der Waals surface area contributed by atoms with Crippen LogP contribution in [0.4, 0.5) is 5.82 Å². The first-order valence-electron chi connectivity index (χ1n) is 4.96. The fraction of sp³-hybridized carbons (Fsp3) is 0. The molecule has 2 aromatic rings. The average Bonchev–Trinajstić information content (AvgIpc) is 2.71. The Hall–Kier alpha value is -1.16. The second-order valence-corrected chi connectivity index (χ2v) is 8.22. The second kappa shape index (κ2) is 5.68. The maximum atomic E-state index is 12.0. The minimum Gasteiger partial charge on any atom is -0.478 e. The van der Waals surface area contributed by atoms with Crippen molar-refractivity contribution in [1.82, 2.24) is 4.98 Å². The van der Waals surface area contributed by atoms with E-state index < -0.39 is 16.0 Å². The summed E-state index contributed by atoms with van der Waals surface area (Å²) in [5.74, 6) is -1.11. The number of sulfonamides is 1. The number of pyridine rings is 1. The number of aromatic nitrogens is 1. The van der Waals surface area contributed by atoms with Crippen molar-refractivity contribution in [1.29, 1.82) is 0 Å². The number of carboxylic acid groups (broad SMARTS) is 1. The van der Waals surface area contributed by atoms with Gasteiger partial charge in [-0.15, -0.1) is 11.3 Å². The number of carboxylic acids is 1. The molecule has 2 heterocycles. The molecule has 0 aliphatic carbocycles. The van der Waals surface area contributed by atoms with Crippen molar-refractivity contribution in [3.8, 4) is 0 Å². The molecule has 6 nitrogen and oxygen atoms in total. The van der Waals surface area contributed by atoms with Crippen LogP contribution >= 0.6 is 38.9 Å². The van der Waals surface area contributed by atoms with Gasteiger partial charge in [-0.3, -0.25) is 4.72 Å². The third-order valence-electron chi connectivity index (χ3n) is 2.14. The van der Waals surface area contributed by atoms with Crippen molar-refractivity contribution >= 4 is 60.7 Å². The van der Waals surface area contributed by atoms with Crippen molar-refractivity contribution in [2.75, 3.05) is 4.72 Å². The van der Waals surface area contributed by atoms with Gasteiger partial charge < -0.3 is 5.11 Å². The SMILES string of the molecule is O=C(O)c1ccc(NS(=O)(=O)c2cc(Cl)c(Br)s2)nc1. The number of rotatable bonds is 4. The van der Waals surface area contributed by atoms with Gasteiger partial charge in [0.25, 0.3) is 10.0 Å². The van der Waals surface area contributed by atoms with E-state index in [0.717, 1.165) is 17.5 Å². The number of halogens is 2. The molecule has 2 aromatic heterocycles. The minimum absolute atomic E-state index is 0.0237. The molecule has 0 amide bonds. The van der Waals surface area contributed by atoms with Crippen LogP contribution in [0.15, 0.2) is 32.4 Å². The predicted molar refractivity (Wildman–Crippen MR) is 79.0 cm³/mol. The Morgan fingerprint density at radius 3 is 2.60 bits per heavy atom. The maximum absolute atomic E-state index is 12.0. The smallest absolute Gasteiger partial charge is 0.337 e. The third kappa shape index (κ3) is 3.29. The Labute approximate surface area is 131 Å². The molecule has 0 aliphatic heterocycles. The number of nitrogens with one attached hydrogen (secondary N) is 1. The van der Waals surface area contributed by atoms with E-state index in [-0.39, 0.29) is 15.6 Å². The number of hydrogen-bond acceptors (Lipinski definition) is 5. The van der Waals surface area contributed by atoms with Gasteiger partial charge in [-0.2, -0.15) is 0 Å². The van der Waals surface area contributed by atoms with Crippen molar-refractivity contribution in [2.24, 2.45) is 0 Å². The molecule has 2 N–H and O–H groups in total. The van der Waals surface area contributed by atoms with E-state index in [1.165, 1.54) is 18.2 Å². The van der Waals surface area contributed by atoms with E-state index in [2.05, 4.69) is 25.6 Å². The van der Waals surface area contributed by atoms with Crippen LogP contribution < -0.4 is 4.72 Å². The molecule has 0 bridgehead atoms. The van der Waals surface area contributed by atoms with Crippen LogP contribution in [-0.4, -0.2) is 24.5 Å². The van der Waals surface area contributed by atoms with Crippen LogP contribution in [0.3, 0.4) is 0 Å². The van der Waals surface area contributed by atoms with Gasteiger partial charge in [0.15, 0.2) is 0 Å². The van der Waals surface area contributed by atoms with Gasteiger partial charge in [-0.1, -0.05) is 11.6 Å².